The van der Waals surface area contributed by atoms with Gasteiger partial charge in [0.25, 0.3) is 0 Å². The van der Waals surface area contributed by atoms with Crippen LogP contribution >= 0.6 is 0 Å². The summed E-state index contributed by atoms with van der Waals surface area (Å²) in [4.78, 5) is 0. The van der Waals surface area contributed by atoms with Gasteiger partial charge in [-0.05, 0) is 46.9 Å². The highest BCUT2D eigenvalue weighted by Gasteiger charge is 2.30. The molecular formula is C18H16F3N. The molecule has 3 rings (SSSR count). The molecule has 0 radical (unpaired) electrons. The monoisotopic (exact) mass is 303 g/mol. The van der Waals surface area contributed by atoms with Crippen molar-refractivity contribution in [2.75, 3.05) is 5.73 Å². The van der Waals surface area contributed by atoms with Crippen LogP contribution in [0.1, 0.15) is 23.1 Å². The molecule has 0 amide bonds. The van der Waals surface area contributed by atoms with Crippen molar-refractivity contribution in [2.24, 2.45) is 0 Å². The van der Waals surface area contributed by atoms with E-state index in [1.165, 1.54) is 34.4 Å². The Morgan fingerprint density at radius 2 is 1.41 bits per heavy atom. The summed E-state index contributed by atoms with van der Waals surface area (Å²) in [5.74, 6) is 0. The maximum Gasteiger partial charge on any atom is 0.416 e. The summed E-state index contributed by atoms with van der Waals surface area (Å²) < 4.78 is 35.7. The average molecular weight is 303 g/mol. The van der Waals surface area contributed by atoms with Gasteiger partial charge in [-0.1, -0.05) is 43.5 Å². The topological polar surface area (TPSA) is 26.0 Å². The lowest BCUT2D eigenvalue weighted by atomic mass is 10.1. The van der Waals surface area contributed by atoms with Crippen molar-refractivity contribution in [1.82, 2.24) is 0 Å². The van der Waals surface area contributed by atoms with E-state index < -0.39 is 11.7 Å². The lowest BCUT2D eigenvalue weighted by molar-refractivity contribution is -0.137. The molecule has 0 heterocycles. The van der Waals surface area contributed by atoms with Crippen molar-refractivity contribution in [2.45, 2.75) is 12.6 Å². The number of fused-ring (bicyclic) bond motifs is 1. The molecule has 2 aromatic rings. The largest absolute Gasteiger partial charge is 0.416 e. The van der Waals surface area contributed by atoms with Crippen LogP contribution in [0.2, 0.25) is 0 Å². The minimum Gasteiger partial charge on any atom is -0.399 e. The molecule has 1 nitrogen and oxygen atoms in total. The lowest BCUT2D eigenvalue weighted by Crippen LogP contribution is -2.04. The minimum absolute atomic E-state index is 0.125. The van der Waals surface area contributed by atoms with Crippen molar-refractivity contribution in [3.05, 3.63) is 78.4 Å². The highest BCUT2D eigenvalue weighted by atomic mass is 19.4. The highest BCUT2D eigenvalue weighted by Crippen LogP contribution is 2.37. The van der Waals surface area contributed by atoms with E-state index in [2.05, 4.69) is 25.3 Å². The first kappa shape index (κ1) is 15.9. The Balaban J connectivity index is 0.000000160. The van der Waals surface area contributed by atoms with Crippen molar-refractivity contribution in [3.63, 3.8) is 0 Å². The van der Waals surface area contributed by atoms with E-state index in [0.717, 1.165) is 18.6 Å². The number of allylic oxidation sites excluding steroid dienone is 2. The number of halogens is 3. The molecule has 1 aliphatic carbocycles. The van der Waals surface area contributed by atoms with E-state index in [4.69, 9.17) is 5.73 Å². The molecular weight excluding hydrogens is 287 g/mol. The van der Waals surface area contributed by atoms with Crippen molar-refractivity contribution in [1.29, 1.82) is 0 Å². The van der Waals surface area contributed by atoms with Gasteiger partial charge in [0.05, 0.1) is 5.56 Å². The third-order valence-electron chi connectivity index (χ3n) is 3.33. The molecule has 0 saturated heterocycles. The Morgan fingerprint density at radius 1 is 0.864 bits per heavy atom. The summed E-state index contributed by atoms with van der Waals surface area (Å²) in [6.07, 6.45) is -3.35. The Morgan fingerprint density at radius 3 is 1.82 bits per heavy atom. The van der Waals surface area contributed by atoms with Gasteiger partial charge >= 0.3 is 6.18 Å². The third kappa shape index (κ3) is 3.58. The van der Waals surface area contributed by atoms with Gasteiger partial charge in [0.2, 0.25) is 0 Å². The molecule has 0 aromatic heterocycles. The Hall–Kier alpha value is -2.49. The van der Waals surface area contributed by atoms with Crippen LogP contribution in [0.3, 0.4) is 0 Å². The van der Waals surface area contributed by atoms with Crippen LogP contribution in [0.4, 0.5) is 18.9 Å². The molecule has 0 atom stereocenters. The van der Waals surface area contributed by atoms with Gasteiger partial charge in [0, 0.05) is 5.69 Å². The molecule has 2 aromatic carbocycles. The fourth-order valence-corrected chi connectivity index (χ4v) is 2.26. The quantitative estimate of drug-likeness (QED) is 0.647. The number of nitrogens with two attached hydrogens (primary N) is 1. The number of hydrogen-bond donors (Lipinski definition) is 1. The Kier molecular flexibility index (Phi) is 4.40. The maximum atomic E-state index is 11.9. The SMILES string of the molecule is C=C1CC(=C)c2ccccc21.Nc1cccc(C(F)(F)F)c1. The predicted octanol–water partition coefficient (Wildman–Crippen LogP) is 5.40. The van der Waals surface area contributed by atoms with Gasteiger partial charge < -0.3 is 5.73 Å². The van der Waals surface area contributed by atoms with Crippen LogP contribution in [0.25, 0.3) is 11.1 Å². The summed E-state index contributed by atoms with van der Waals surface area (Å²) in [7, 11) is 0. The summed E-state index contributed by atoms with van der Waals surface area (Å²) in [5, 5.41) is 0. The van der Waals surface area contributed by atoms with E-state index in [9.17, 15) is 13.2 Å². The van der Waals surface area contributed by atoms with E-state index >= 15 is 0 Å². The summed E-state index contributed by atoms with van der Waals surface area (Å²) >= 11 is 0. The van der Waals surface area contributed by atoms with Crippen LogP contribution in [0.15, 0.2) is 61.7 Å². The fourth-order valence-electron chi connectivity index (χ4n) is 2.26. The van der Waals surface area contributed by atoms with Gasteiger partial charge in [0.15, 0.2) is 0 Å². The summed E-state index contributed by atoms with van der Waals surface area (Å²) in [5.41, 5.74) is 9.52. The summed E-state index contributed by atoms with van der Waals surface area (Å²) in [6.45, 7) is 7.97. The molecule has 4 heteroatoms. The fraction of sp³-hybridized carbons (Fsp3) is 0.111. The normalized spacial score (nSPS) is 13.4. The van der Waals surface area contributed by atoms with E-state index in [1.54, 1.807) is 0 Å². The van der Waals surface area contributed by atoms with E-state index in [-0.39, 0.29) is 5.69 Å². The maximum absolute atomic E-state index is 11.9. The van der Waals surface area contributed by atoms with Crippen LogP contribution in [-0.2, 0) is 6.18 Å². The summed E-state index contributed by atoms with van der Waals surface area (Å²) in [6, 6.07) is 12.9. The number of nitrogen functional groups attached to an aromatic ring is 1. The number of rotatable bonds is 0. The predicted molar refractivity (Wildman–Crippen MR) is 85.0 cm³/mol. The smallest absolute Gasteiger partial charge is 0.399 e. The molecule has 0 unspecified atom stereocenters. The number of anilines is 1. The molecule has 2 N–H and O–H groups in total. The zero-order valence-corrected chi connectivity index (χ0v) is 12.0. The zero-order valence-electron chi connectivity index (χ0n) is 12.0. The number of alkyl halides is 3. The van der Waals surface area contributed by atoms with E-state index in [1.807, 2.05) is 12.1 Å². The van der Waals surface area contributed by atoms with Gasteiger partial charge in [-0.25, -0.2) is 0 Å². The van der Waals surface area contributed by atoms with Crippen molar-refractivity contribution < 1.29 is 13.2 Å². The number of benzene rings is 2. The van der Waals surface area contributed by atoms with Crippen molar-refractivity contribution >= 4 is 16.8 Å². The average Bonchev–Trinajstić information content (AvgIpc) is 2.75. The molecule has 0 saturated carbocycles. The molecule has 22 heavy (non-hydrogen) atoms. The first-order chi connectivity index (χ1) is 10.3. The van der Waals surface area contributed by atoms with Crippen molar-refractivity contribution in [3.8, 4) is 0 Å². The second-order valence-corrected chi connectivity index (χ2v) is 5.05. The minimum atomic E-state index is -4.30. The van der Waals surface area contributed by atoms with E-state index in [0.29, 0.717) is 0 Å². The second-order valence-electron chi connectivity index (χ2n) is 5.05. The highest BCUT2D eigenvalue weighted by molar-refractivity contribution is 5.90. The number of hydrogen-bond acceptors (Lipinski definition) is 1. The van der Waals surface area contributed by atoms with Crippen LogP contribution in [0.5, 0.6) is 0 Å². The van der Waals surface area contributed by atoms with Crippen LogP contribution < -0.4 is 5.73 Å². The standard InChI is InChI=1S/C11H10.C7H6F3N/c1-8-7-9(2)11-6-4-3-5-10(8)11;8-7(9,10)5-2-1-3-6(11)4-5/h3-6H,1-2,7H2;1-4H,11H2. The molecule has 0 bridgehead atoms. The van der Waals surface area contributed by atoms with Gasteiger partial charge in [-0.3, -0.25) is 0 Å². The first-order valence-electron chi connectivity index (χ1n) is 6.67. The second kappa shape index (κ2) is 6.10. The molecule has 0 spiro atoms. The molecule has 1 aliphatic rings. The zero-order chi connectivity index (χ0) is 16.3. The Labute approximate surface area is 127 Å². The van der Waals surface area contributed by atoms with Crippen LogP contribution in [-0.4, -0.2) is 0 Å². The first-order valence-corrected chi connectivity index (χ1v) is 6.67. The molecule has 0 fully saturated rings. The van der Waals surface area contributed by atoms with Gasteiger partial charge in [0.1, 0.15) is 0 Å². The van der Waals surface area contributed by atoms with Crippen LogP contribution in [0, 0.1) is 0 Å². The lowest BCUT2D eigenvalue weighted by Gasteiger charge is -2.05. The third-order valence-corrected chi connectivity index (χ3v) is 3.33. The Bertz CT molecular complexity index is 681. The molecule has 114 valence electrons. The van der Waals surface area contributed by atoms with Gasteiger partial charge in [-0.15, -0.1) is 0 Å². The van der Waals surface area contributed by atoms with Gasteiger partial charge in [-0.2, -0.15) is 13.2 Å². The molecule has 0 aliphatic heterocycles.